The number of ether oxygens (including phenoxy) is 1. The van der Waals surface area contributed by atoms with Gasteiger partial charge in [0, 0.05) is 17.6 Å². The standard InChI is InChI=1S/C12H16N4OS/c1-3-5-17-11-7-10(14-8-15-11)16-9(2)12-13-4-6-18-12/h4,6-9H,3,5H2,1-2H3,(H,14,15,16). The van der Waals surface area contributed by atoms with Crippen molar-refractivity contribution >= 4 is 17.2 Å². The minimum Gasteiger partial charge on any atom is -0.478 e. The molecule has 0 aliphatic heterocycles. The molecule has 0 saturated carbocycles. The molecule has 5 nitrogen and oxygen atoms in total. The number of aromatic nitrogens is 3. The first-order valence-electron chi connectivity index (χ1n) is 5.90. The fraction of sp³-hybridized carbons (Fsp3) is 0.417. The molecule has 1 N–H and O–H groups in total. The Bertz CT molecular complexity index is 475. The van der Waals surface area contributed by atoms with Gasteiger partial charge in [-0.1, -0.05) is 6.92 Å². The van der Waals surface area contributed by atoms with Gasteiger partial charge in [0.1, 0.15) is 17.2 Å². The highest BCUT2D eigenvalue weighted by Gasteiger charge is 2.09. The van der Waals surface area contributed by atoms with E-state index in [2.05, 4.69) is 27.2 Å². The molecule has 0 amide bonds. The van der Waals surface area contributed by atoms with Crippen molar-refractivity contribution in [2.75, 3.05) is 11.9 Å². The van der Waals surface area contributed by atoms with Gasteiger partial charge in [-0.15, -0.1) is 11.3 Å². The van der Waals surface area contributed by atoms with Crippen LogP contribution in [0.1, 0.15) is 31.3 Å². The van der Waals surface area contributed by atoms with E-state index in [1.54, 1.807) is 23.6 Å². The fourth-order valence-electron chi connectivity index (χ4n) is 1.44. The first-order chi connectivity index (χ1) is 8.79. The van der Waals surface area contributed by atoms with Crippen LogP contribution < -0.4 is 10.1 Å². The smallest absolute Gasteiger partial charge is 0.218 e. The summed E-state index contributed by atoms with van der Waals surface area (Å²) in [6.07, 6.45) is 4.26. The van der Waals surface area contributed by atoms with Gasteiger partial charge in [-0.3, -0.25) is 0 Å². The quantitative estimate of drug-likeness (QED) is 0.869. The van der Waals surface area contributed by atoms with E-state index in [4.69, 9.17) is 4.74 Å². The molecule has 2 rings (SSSR count). The average Bonchev–Trinajstić information content (AvgIpc) is 2.91. The molecule has 2 aromatic rings. The van der Waals surface area contributed by atoms with Crippen LogP contribution in [0.15, 0.2) is 24.0 Å². The van der Waals surface area contributed by atoms with Gasteiger partial charge in [-0.05, 0) is 13.3 Å². The number of thiazole rings is 1. The maximum Gasteiger partial charge on any atom is 0.218 e. The maximum atomic E-state index is 5.46. The summed E-state index contributed by atoms with van der Waals surface area (Å²) in [5.74, 6) is 1.35. The van der Waals surface area contributed by atoms with Crippen LogP contribution in [-0.2, 0) is 0 Å². The van der Waals surface area contributed by atoms with Crippen molar-refractivity contribution in [1.82, 2.24) is 15.0 Å². The molecule has 2 heterocycles. The van der Waals surface area contributed by atoms with Crippen LogP contribution in [-0.4, -0.2) is 21.6 Å². The molecule has 96 valence electrons. The zero-order valence-electron chi connectivity index (χ0n) is 10.5. The summed E-state index contributed by atoms with van der Waals surface area (Å²) in [5, 5.41) is 6.27. The van der Waals surface area contributed by atoms with E-state index in [-0.39, 0.29) is 6.04 Å². The van der Waals surface area contributed by atoms with Gasteiger partial charge in [0.2, 0.25) is 5.88 Å². The van der Waals surface area contributed by atoms with Crippen molar-refractivity contribution in [3.63, 3.8) is 0 Å². The van der Waals surface area contributed by atoms with Crippen molar-refractivity contribution in [2.24, 2.45) is 0 Å². The Balaban J connectivity index is 2.00. The van der Waals surface area contributed by atoms with E-state index >= 15 is 0 Å². The van der Waals surface area contributed by atoms with E-state index in [0.29, 0.717) is 12.5 Å². The van der Waals surface area contributed by atoms with Crippen LogP contribution in [0.4, 0.5) is 5.82 Å². The number of anilines is 1. The molecule has 18 heavy (non-hydrogen) atoms. The van der Waals surface area contributed by atoms with Gasteiger partial charge in [0.15, 0.2) is 0 Å². The minimum absolute atomic E-state index is 0.124. The number of hydrogen-bond donors (Lipinski definition) is 1. The van der Waals surface area contributed by atoms with Crippen LogP contribution in [0.2, 0.25) is 0 Å². The van der Waals surface area contributed by atoms with E-state index < -0.39 is 0 Å². The zero-order valence-corrected chi connectivity index (χ0v) is 11.3. The van der Waals surface area contributed by atoms with Crippen molar-refractivity contribution < 1.29 is 4.74 Å². The fourth-order valence-corrected chi connectivity index (χ4v) is 2.08. The maximum absolute atomic E-state index is 5.46. The molecule has 1 unspecified atom stereocenters. The summed E-state index contributed by atoms with van der Waals surface area (Å²) < 4.78 is 5.46. The van der Waals surface area contributed by atoms with Crippen molar-refractivity contribution in [3.05, 3.63) is 29.0 Å². The Kier molecular flexibility index (Phi) is 4.46. The second-order valence-corrected chi connectivity index (χ2v) is 4.75. The number of nitrogens with one attached hydrogen (secondary N) is 1. The zero-order chi connectivity index (χ0) is 12.8. The van der Waals surface area contributed by atoms with Crippen molar-refractivity contribution in [1.29, 1.82) is 0 Å². The number of hydrogen-bond acceptors (Lipinski definition) is 6. The lowest BCUT2D eigenvalue weighted by Crippen LogP contribution is -2.08. The molecule has 0 aromatic carbocycles. The van der Waals surface area contributed by atoms with Gasteiger partial charge in [-0.25, -0.2) is 15.0 Å². The Morgan fingerprint density at radius 3 is 3.00 bits per heavy atom. The third-order valence-electron chi connectivity index (χ3n) is 2.28. The van der Waals surface area contributed by atoms with E-state index in [0.717, 1.165) is 17.2 Å². The third-order valence-corrected chi connectivity index (χ3v) is 3.24. The Morgan fingerprint density at radius 1 is 1.39 bits per heavy atom. The van der Waals surface area contributed by atoms with Crippen molar-refractivity contribution in [2.45, 2.75) is 26.3 Å². The normalized spacial score (nSPS) is 12.1. The Morgan fingerprint density at radius 2 is 2.28 bits per heavy atom. The third kappa shape index (κ3) is 3.40. The molecule has 0 aliphatic rings. The molecule has 0 bridgehead atoms. The Labute approximate surface area is 110 Å². The monoisotopic (exact) mass is 264 g/mol. The summed E-state index contributed by atoms with van der Waals surface area (Å²) in [6, 6.07) is 1.93. The predicted octanol–water partition coefficient (Wildman–Crippen LogP) is 2.90. The molecule has 0 saturated heterocycles. The molecular weight excluding hydrogens is 248 g/mol. The van der Waals surface area contributed by atoms with Gasteiger partial charge >= 0.3 is 0 Å². The molecule has 2 aromatic heterocycles. The van der Waals surface area contributed by atoms with Crippen LogP contribution >= 0.6 is 11.3 Å². The first-order valence-corrected chi connectivity index (χ1v) is 6.78. The molecule has 0 spiro atoms. The lowest BCUT2D eigenvalue weighted by Gasteiger charge is -2.12. The molecule has 1 atom stereocenters. The van der Waals surface area contributed by atoms with Crippen LogP contribution in [0, 0.1) is 0 Å². The van der Waals surface area contributed by atoms with Crippen molar-refractivity contribution in [3.8, 4) is 5.88 Å². The topological polar surface area (TPSA) is 59.9 Å². The second-order valence-electron chi connectivity index (χ2n) is 3.83. The van der Waals surface area contributed by atoms with Crippen LogP contribution in [0.25, 0.3) is 0 Å². The van der Waals surface area contributed by atoms with Gasteiger partial charge in [0.05, 0.1) is 12.6 Å². The van der Waals surface area contributed by atoms with Crippen LogP contribution in [0.5, 0.6) is 5.88 Å². The largest absolute Gasteiger partial charge is 0.478 e. The number of rotatable bonds is 6. The average molecular weight is 264 g/mol. The highest BCUT2D eigenvalue weighted by atomic mass is 32.1. The molecular formula is C12H16N4OS. The van der Waals surface area contributed by atoms with Gasteiger partial charge in [0.25, 0.3) is 0 Å². The Hall–Kier alpha value is -1.69. The first kappa shape index (κ1) is 12.8. The molecule has 0 radical (unpaired) electrons. The van der Waals surface area contributed by atoms with Gasteiger partial charge in [-0.2, -0.15) is 0 Å². The number of nitrogens with zero attached hydrogens (tertiary/aromatic N) is 3. The summed E-state index contributed by atoms with van der Waals surface area (Å²) in [4.78, 5) is 12.5. The molecule has 0 aliphatic carbocycles. The van der Waals surface area contributed by atoms with E-state index in [1.165, 1.54) is 6.33 Å². The predicted molar refractivity (Wildman–Crippen MR) is 72.0 cm³/mol. The lowest BCUT2D eigenvalue weighted by atomic mass is 10.3. The highest BCUT2D eigenvalue weighted by molar-refractivity contribution is 7.09. The summed E-state index contributed by atoms with van der Waals surface area (Å²) in [6.45, 7) is 4.77. The summed E-state index contributed by atoms with van der Waals surface area (Å²) >= 11 is 1.62. The lowest BCUT2D eigenvalue weighted by molar-refractivity contribution is 0.305. The van der Waals surface area contributed by atoms with Gasteiger partial charge < -0.3 is 10.1 Å². The highest BCUT2D eigenvalue weighted by Crippen LogP contribution is 2.20. The van der Waals surface area contributed by atoms with Crippen LogP contribution in [0.3, 0.4) is 0 Å². The molecule has 0 fully saturated rings. The summed E-state index contributed by atoms with van der Waals surface area (Å²) in [5.41, 5.74) is 0. The van der Waals surface area contributed by atoms with E-state index in [9.17, 15) is 0 Å². The second kappa shape index (κ2) is 6.30. The SMILES string of the molecule is CCCOc1cc(NC(C)c2nccs2)ncn1. The summed E-state index contributed by atoms with van der Waals surface area (Å²) in [7, 11) is 0. The molecule has 6 heteroatoms. The van der Waals surface area contributed by atoms with E-state index in [1.807, 2.05) is 12.3 Å². The minimum atomic E-state index is 0.124.